The summed E-state index contributed by atoms with van der Waals surface area (Å²) in [5.74, 6) is 2.15. The van der Waals surface area contributed by atoms with Gasteiger partial charge in [-0.25, -0.2) is 0 Å². The maximum atomic E-state index is 6.16. The van der Waals surface area contributed by atoms with Crippen molar-refractivity contribution in [3.8, 4) is 0 Å². The number of nitrogens with one attached hydrogen (secondary N) is 1. The summed E-state index contributed by atoms with van der Waals surface area (Å²) in [7, 11) is 0. The van der Waals surface area contributed by atoms with E-state index in [1.807, 2.05) is 30.0 Å². The Kier molecular flexibility index (Phi) is 4.39. The van der Waals surface area contributed by atoms with Gasteiger partial charge in [-0.2, -0.15) is 0 Å². The second-order valence-electron chi connectivity index (χ2n) is 5.01. The van der Waals surface area contributed by atoms with E-state index in [4.69, 9.17) is 16.0 Å². The van der Waals surface area contributed by atoms with Crippen molar-refractivity contribution in [2.24, 2.45) is 0 Å². The van der Waals surface area contributed by atoms with Crippen LogP contribution in [-0.4, -0.2) is 5.75 Å². The van der Waals surface area contributed by atoms with E-state index in [9.17, 15) is 0 Å². The van der Waals surface area contributed by atoms with Crippen LogP contribution in [0.4, 0.5) is 0 Å². The van der Waals surface area contributed by atoms with Gasteiger partial charge in [0.05, 0.1) is 12.3 Å². The summed E-state index contributed by atoms with van der Waals surface area (Å²) in [5, 5.41) is 4.54. The van der Waals surface area contributed by atoms with Crippen molar-refractivity contribution in [2.45, 2.75) is 36.7 Å². The van der Waals surface area contributed by atoms with Gasteiger partial charge in [-0.3, -0.25) is 0 Å². The fourth-order valence-electron chi connectivity index (χ4n) is 2.67. The molecular formula is C16H18ClNOS. The van der Waals surface area contributed by atoms with Crippen LogP contribution >= 0.6 is 23.4 Å². The van der Waals surface area contributed by atoms with Crippen LogP contribution in [0.2, 0.25) is 5.02 Å². The number of furan rings is 1. The zero-order chi connectivity index (χ0) is 13.9. The van der Waals surface area contributed by atoms with Crippen molar-refractivity contribution in [1.29, 1.82) is 0 Å². The molecule has 1 aromatic carbocycles. The lowest BCUT2D eigenvalue weighted by Gasteiger charge is -2.29. The van der Waals surface area contributed by atoms with Crippen molar-refractivity contribution >= 4 is 23.4 Å². The number of halogens is 1. The molecule has 0 saturated carbocycles. The molecule has 1 aliphatic heterocycles. The summed E-state index contributed by atoms with van der Waals surface area (Å²) >= 11 is 8.07. The first-order valence-electron chi connectivity index (χ1n) is 6.99. The van der Waals surface area contributed by atoms with Gasteiger partial charge in [0.15, 0.2) is 0 Å². The summed E-state index contributed by atoms with van der Waals surface area (Å²) in [6.45, 7) is 2.18. The van der Waals surface area contributed by atoms with Crippen LogP contribution in [-0.2, 0) is 0 Å². The van der Waals surface area contributed by atoms with Crippen LogP contribution in [0.25, 0.3) is 0 Å². The van der Waals surface area contributed by atoms with Crippen LogP contribution in [0.1, 0.15) is 43.2 Å². The third-order valence-electron chi connectivity index (χ3n) is 3.71. The van der Waals surface area contributed by atoms with E-state index in [1.165, 1.54) is 10.5 Å². The van der Waals surface area contributed by atoms with Gasteiger partial charge in [0.1, 0.15) is 5.76 Å². The summed E-state index contributed by atoms with van der Waals surface area (Å²) in [4.78, 5) is 1.34. The molecule has 4 heteroatoms. The molecule has 0 saturated heterocycles. The average Bonchev–Trinajstić information content (AvgIpc) is 2.99. The molecule has 1 aromatic heterocycles. The van der Waals surface area contributed by atoms with Crippen LogP contribution in [0.15, 0.2) is 45.9 Å². The Balaban J connectivity index is 1.83. The van der Waals surface area contributed by atoms with Crippen LogP contribution in [0.5, 0.6) is 0 Å². The van der Waals surface area contributed by atoms with Crippen LogP contribution in [0, 0.1) is 0 Å². The summed E-state index contributed by atoms with van der Waals surface area (Å²) < 4.78 is 5.55. The lowest BCUT2D eigenvalue weighted by molar-refractivity contribution is 0.359. The minimum absolute atomic E-state index is 0.255. The molecule has 0 fully saturated rings. The predicted octanol–water partition coefficient (Wildman–Crippen LogP) is 5.21. The highest BCUT2D eigenvalue weighted by atomic mass is 35.5. The topological polar surface area (TPSA) is 25.2 Å². The normalized spacial score (nSPS) is 19.6. The maximum Gasteiger partial charge on any atom is 0.120 e. The fraction of sp³-hybridized carbons (Fsp3) is 0.375. The third-order valence-corrected chi connectivity index (χ3v) is 5.07. The molecule has 2 aromatic rings. The largest absolute Gasteiger partial charge is 0.468 e. The zero-order valence-electron chi connectivity index (χ0n) is 11.4. The number of hydrogen-bond donors (Lipinski definition) is 1. The SMILES string of the molecule is CCC(NC1CCSc2ccc(Cl)cc21)c1ccco1. The van der Waals surface area contributed by atoms with Gasteiger partial charge >= 0.3 is 0 Å². The minimum atomic E-state index is 0.255. The van der Waals surface area contributed by atoms with Gasteiger partial charge in [-0.05, 0) is 54.5 Å². The number of hydrogen-bond acceptors (Lipinski definition) is 3. The predicted molar refractivity (Wildman–Crippen MR) is 84.4 cm³/mol. The number of fused-ring (bicyclic) bond motifs is 1. The Hall–Kier alpha value is -0.900. The van der Waals surface area contributed by atoms with Gasteiger partial charge in [0, 0.05) is 16.0 Å². The molecule has 2 nitrogen and oxygen atoms in total. The standard InChI is InChI=1S/C16H18ClNOS/c1-2-13(15-4-3-8-19-15)18-14-7-9-20-16-6-5-11(17)10-12(14)16/h3-6,8,10,13-14,18H,2,7,9H2,1H3. The summed E-state index contributed by atoms with van der Waals surface area (Å²) in [6.07, 6.45) is 3.86. The molecule has 0 bridgehead atoms. The van der Waals surface area contributed by atoms with Crippen LogP contribution < -0.4 is 5.32 Å². The van der Waals surface area contributed by atoms with E-state index in [-0.39, 0.29) is 6.04 Å². The Morgan fingerprint density at radius 2 is 2.35 bits per heavy atom. The molecule has 2 heterocycles. The Morgan fingerprint density at radius 3 is 3.10 bits per heavy atom. The molecule has 1 aliphatic rings. The Morgan fingerprint density at radius 1 is 1.45 bits per heavy atom. The highest BCUT2D eigenvalue weighted by molar-refractivity contribution is 7.99. The average molecular weight is 308 g/mol. The maximum absolute atomic E-state index is 6.16. The van der Waals surface area contributed by atoms with E-state index in [2.05, 4.69) is 24.4 Å². The molecule has 0 radical (unpaired) electrons. The van der Waals surface area contributed by atoms with E-state index in [1.54, 1.807) is 6.26 Å². The molecule has 2 atom stereocenters. The van der Waals surface area contributed by atoms with E-state index < -0.39 is 0 Å². The molecule has 0 aliphatic carbocycles. The van der Waals surface area contributed by atoms with Crippen molar-refractivity contribution in [2.75, 3.05) is 5.75 Å². The molecule has 3 rings (SSSR count). The number of benzene rings is 1. The smallest absolute Gasteiger partial charge is 0.120 e. The van der Waals surface area contributed by atoms with E-state index in [0.29, 0.717) is 6.04 Å². The summed E-state index contributed by atoms with van der Waals surface area (Å²) in [5.41, 5.74) is 1.32. The quantitative estimate of drug-likeness (QED) is 0.839. The highest BCUT2D eigenvalue weighted by Crippen LogP contribution is 2.38. The van der Waals surface area contributed by atoms with Crippen molar-refractivity contribution in [3.63, 3.8) is 0 Å². The first-order chi connectivity index (χ1) is 9.78. The minimum Gasteiger partial charge on any atom is -0.468 e. The van der Waals surface area contributed by atoms with Crippen molar-refractivity contribution < 1.29 is 4.42 Å². The molecule has 106 valence electrons. The second-order valence-corrected chi connectivity index (χ2v) is 6.59. The first-order valence-corrected chi connectivity index (χ1v) is 8.36. The van der Waals surface area contributed by atoms with Crippen molar-refractivity contribution in [3.05, 3.63) is 52.9 Å². The lowest BCUT2D eigenvalue weighted by atomic mass is 10.0. The molecule has 0 spiro atoms. The van der Waals surface area contributed by atoms with E-state index in [0.717, 1.165) is 29.4 Å². The van der Waals surface area contributed by atoms with Crippen molar-refractivity contribution in [1.82, 2.24) is 5.32 Å². The van der Waals surface area contributed by atoms with Crippen LogP contribution in [0.3, 0.4) is 0 Å². The molecule has 20 heavy (non-hydrogen) atoms. The monoisotopic (exact) mass is 307 g/mol. The Bertz CT molecular complexity index is 570. The number of rotatable bonds is 4. The number of thioether (sulfide) groups is 1. The first kappa shape index (κ1) is 14.1. The second kappa shape index (κ2) is 6.25. The zero-order valence-corrected chi connectivity index (χ0v) is 13.0. The molecular weight excluding hydrogens is 290 g/mol. The van der Waals surface area contributed by atoms with E-state index >= 15 is 0 Å². The molecule has 0 amide bonds. The summed E-state index contributed by atoms with van der Waals surface area (Å²) in [6, 6.07) is 10.8. The molecule has 2 unspecified atom stereocenters. The highest BCUT2D eigenvalue weighted by Gasteiger charge is 2.24. The lowest BCUT2D eigenvalue weighted by Crippen LogP contribution is -2.28. The van der Waals surface area contributed by atoms with Gasteiger partial charge in [0.25, 0.3) is 0 Å². The van der Waals surface area contributed by atoms with Gasteiger partial charge in [-0.1, -0.05) is 18.5 Å². The van der Waals surface area contributed by atoms with Gasteiger partial charge in [-0.15, -0.1) is 11.8 Å². The Labute approximate surface area is 128 Å². The third kappa shape index (κ3) is 2.90. The van der Waals surface area contributed by atoms with Gasteiger partial charge in [0.2, 0.25) is 0 Å². The fourth-order valence-corrected chi connectivity index (χ4v) is 3.96. The van der Waals surface area contributed by atoms with Gasteiger partial charge < -0.3 is 9.73 Å². The molecule has 1 N–H and O–H groups in total.